The number of likely N-dealkylation sites (tertiary alicyclic amines) is 1. The van der Waals surface area contributed by atoms with Crippen molar-refractivity contribution in [3.05, 3.63) is 23.8 Å². The van der Waals surface area contributed by atoms with E-state index in [0.717, 1.165) is 18.4 Å². The zero-order valence-corrected chi connectivity index (χ0v) is 19.3. The smallest absolute Gasteiger partial charge is 0.241 e. The van der Waals surface area contributed by atoms with Crippen molar-refractivity contribution in [2.24, 2.45) is 11.1 Å². The minimum atomic E-state index is -3.89. The molecule has 166 valence electrons. The molecule has 7 nitrogen and oxygen atoms in total. The maximum absolute atomic E-state index is 12.1. The number of aliphatic hydroxyl groups excluding tert-OH is 1. The molecule has 0 radical (unpaired) electrons. The molecule has 0 spiro atoms. The van der Waals surface area contributed by atoms with Crippen molar-refractivity contribution in [3.8, 4) is 5.75 Å². The quantitative estimate of drug-likeness (QED) is 0.676. The molecule has 0 aromatic heterocycles. The Labute approximate surface area is 175 Å². The molecule has 1 fully saturated rings. The molecule has 3 N–H and O–H groups in total. The van der Waals surface area contributed by atoms with Gasteiger partial charge in [-0.15, -0.1) is 0 Å². The van der Waals surface area contributed by atoms with Crippen molar-refractivity contribution in [3.63, 3.8) is 0 Å². The molecule has 1 saturated heterocycles. The van der Waals surface area contributed by atoms with Gasteiger partial charge in [-0.05, 0) is 62.6 Å². The lowest BCUT2D eigenvalue weighted by atomic mass is 9.87. The number of aliphatic hydroxyl groups is 1. The van der Waals surface area contributed by atoms with Crippen molar-refractivity contribution in [2.45, 2.75) is 76.7 Å². The first-order chi connectivity index (χ1) is 13.2. The summed E-state index contributed by atoms with van der Waals surface area (Å²) in [6, 6.07) is 5.18. The molecule has 0 aliphatic carbocycles. The van der Waals surface area contributed by atoms with Crippen LogP contribution in [0.25, 0.3) is 0 Å². The maximum atomic E-state index is 12.1. The van der Waals surface area contributed by atoms with Crippen LogP contribution in [0.1, 0.15) is 59.9 Å². The number of ether oxygens (including phenoxy) is 2. The molecule has 1 aliphatic rings. The topological polar surface area (TPSA) is 102 Å². The van der Waals surface area contributed by atoms with E-state index < -0.39 is 22.0 Å². The molecule has 1 unspecified atom stereocenters. The number of hydrogen-bond acceptors (Lipinski definition) is 6. The largest absolute Gasteiger partial charge is 0.492 e. The number of sulfonamides is 1. The van der Waals surface area contributed by atoms with E-state index in [-0.39, 0.29) is 16.2 Å². The van der Waals surface area contributed by atoms with Crippen molar-refractivity contribution in [1.82, 2.24) is 4.90 Å². The first-order valence-electron chi connectivity index (χ1n) is 10.1. The van der Waals surface area contributed by atoms with Crippen LogP contribution in [0.2, 0.25) is 0 Å². The molecule has 1 atom stereocenters. The lowest BCUT2D eigenvalue weighted by Gasteiger charge is -2.37. The second kappa shape index (κ2) is 8.89. The lowest BCUT2D eigenvalue weighted by Crippen LogP contribution is -2.46. The van der Waals surface area contributed by atoms with Gasteiger partial charge in [-0.2, -0.15) is 0 Å². The molecule has 0 bridgehead atoms. The number of primary sulfonamides is 1. The van der Waals surface area contributed by atoms with E-state index in [1.165, 1.54) is 0 Å². The third kappa shape index (κ3) is 7.22. The predicted molar refractivity (Wildman–Crippen MR) is 113 cm³/mol. The molecule has 1 aromatic rings. The van der Waals surface area contributed by atoms with Gasteiger partial charge in [0.25, 0.3) is 0 Å². The number of benzene rings is 1. The summed E-state index contributed by atoms with van der Waals surface area (Å²) >= 11 is 0. The van der Waals surface area contributed by atoms with Gasteiger partial charge in [-0.3, -0.25) is 4.90 Å². The first-order valence-corrected chi connectivity index (χ1v) is 11.6. The summed E-state index contributed by atoms with van der Waals surface area (Å²) in [7, 11) is -3.89. The van der Waals surface area contributed by atoms with E-state index in [2.05, 4.69) is 0 Å². The van der Waals surface area contributed by atoms with Crippen LogP contribution in [0.5, 0.6) is 5.75 Å². The number of rotatable bonds is 6. The van der Waals surface area contributed by atoms with Gasteiger partial charge in [0, 0.05) is 13.1 Å². The summed E-state index contributed by atoms with van der Waals surface area (Å²) in [5, 5.41) is 15.6. The van der Waals surface area contributed by atoms with E-state index in [1.54, 1.807) is 12.1 Å². The van der Waals surface area contributed by atoms with Crippen molar-refractivity contribution >= 4 is 10.0 Å². The van der Waals surface area contributed by atoms with E-state index in [9.17, 15) is 13.5 Å². The Bertz CT molecular complexity index is 788. The fraction of sp³-hybridized carbons (Fsp3) is 0.714. The third-order valence-electron chi connectivity index (χ3n) is 5.01. The van der Waals surface area contributed by atoms with Gasteiger partial charge in [0.2, 0.25) is 16.4 Å². The van der Waals surface area contributed by atoms with E-state index in [0.29, 0.717) is 25.4 Å². The van der Waals surface area contributed by atoms with Crippen molar-refractivity contribution in [1.29, 1.82) is 0 Å². The molecule has 0 saturated carbocycles. The number of nitrogens with two attached hydrogens (primary N) is 1. The van der Waals surface area contributed by atoms with Crippen molar-refractivity contribution in [2.75, 3.05) is 19.7 Å². The Hall–Kier alpha value is -1.19. The average Bonchev–Trinajstić information content (AvgIpc) is 2.57. The molecule has 29 heavy (non-hydrogen) atoms. The fourth-order valence-electron chi connectivity index (χ4n) is 3.26. The Morgan fingerprint density at radius 2 is 1.76 bits per heavy atom. The van der Waals surface area contributed by atoms with Crippen LogP contribution in [-0.4, -0.2) is 50.1 Å². The molecule has 8 heteroatoms. The highest BCUT2D eigenvalue weighted by Crippen LogP contribution is 2.31. The van der Waals surface area contributed by atoms with Gasteiger partial charge >= 0.3 is 0 Å². The highest BCUT2D eigenvalue weighted by Gasteiger charge is 2.28. The van der Waals surface area contributed by atoms with Crippen LogP contribution in [0.3, 0.4) is 0 Å². The van der Waals surface area contributed by atoms with Gasteiger partial charge in [0.05, 0.1) is 12.2 Å². The van der Waals surface area contributed by atoms with Gasteiger partial charge in [-0.25, -0.2) is 13.6 Å². The molecular weight excluding hydrogens is 392 g/mol. The predicted octanol–water partition coefficient (Wildman–Crippen LogP) is 2.81. The molecule has 1 aliphatic heterocycles. The Kier molecular flexibility index (Phi) is 7.39. The van der Waals surface area contributed by atoms with Crippen molar-refractivity contribution < 1.29 is 23.0 Å². The minimum absolute atomic E-state index is 0.0244. The van der Waals surface area contributed by atoms with Crippen LogP contribution >= 0.6 is 0 Å². The normalized spacial score (nSPS) is 18.6. The van der Waals surface area contributed by atoms with Crippen LogP contribution in [0.4, 0.5) is 0 Å². The highest BCUT2D eigenvalue weighted by molar-refractivity contribution is 7.89. The fourth-order valence-corrected chi connectivity index (χ4v) is 3.95. The highest BCUT2D eigenvalue weighted by atomic mass is 32.2. The molecule has 1 aromatic carbocycles. The molecular formula is C21H36N2O5S. The molecule has 0 amide bonds. The first kappa shape index (κ1) is 24.1. The van der Waals surface area contributed by atoms with Gasteiger partial charge in [-0.1, -0.05) is 26.8 Å². The average molecular weight is 429 g/mol. The maximum Gasteiger partial charge on any atom is 0.241 e. The summed E-state index contributed by atoms with van der Waals surface area (Å²) < 4.78 is 35.6. The summed E-state index contributed by atoms with van der Waals surface area (Å²) in [6.07, 6.45) is 0.737. The van der Waals surface area contributed by atoms with E-state index in [4.69, 9.17) is 14.6 Å². The zero-order valence-electron chi connectivity index (χ0n) is 18.4. The Balaban J connectivity index is 1.99. The van der Waals surface area contributed by atoms with E-state index >= 15 is 0 Å². The third-order valence-corrected chi connectivity index (χ3v) is 5.94. The standard InChI is InChI=1S/C21H36N2O5S/c1-20(2,3)16-7-8-17(18(13-16)29(22,25)26)27-14-15-9-11-23(12-10-15)19(24)28-21(4,5)6/h7-8,13,15,19,24H,9-12,14H2,1-6H3,(H2,22,25,26). The van der Waals surface area contributed by atoms with Crippen LogP contribution in [0, 0.1) is 5.92 Å². The number of hydrogen-bond donors (Lipinski definition) is 2. The Morgan fingerprint density at radius 3 is 2.24 bits per heavy atom. The summed E-state index contributed by atoms with van der Waals surface area (Å²) in [4.78, 5) is 1.92. The summed E-state index contributed by atoms with van der Waals surface area (Å²) in [5.41, 5.74) is 0.277. The van der Waals surface area contributed by atoms with Gasteiger partial charge in [0.1, 0.15) is 10.6 Å². The van der Waals surface area contributed by atoms with Crippen LogP contribution in [-0.2, 0) is 20.2 Å². The monoisotopic (exact) mass is 428 g/mol. The number of nitrogens with zero attached hydrogens (tertiary/aromatic N) is 1. The second-order valence-corrected chi connectivity index (χ2v) is 11.3. The summed E-state index contributed by atoms with van der Waals surface area (Å²) in [5.74, 6) is 0.558. The lowest BCUT2D eigenvalue weighted by molar-refractivity contribution is -0.243. The minimum Gasteiger partial charge on any atom is -0.492 e. The van der Waals surface area contributed by atoms with Gasteiger partial charge in [0.15, 0.2) is 0 Å². The zero-order chi connectivity index (χ0) is 22.0. The van der Waals surface area contributed by atoms with E-state index in [1.807, 2.05) is 52.5 Å². The second-order valence-electron chi connectivity index (χ2n) is 9.80. The van der Waals surface area contributed by atoms with Gasteiger partial charge < -0.3 is 14.6 Å². The summed E-state index contributed by atoms with van der Waals surface area (Å²) in [6.45, 7) is 13.6. The van der Waals surface area contributed by atoms with Crippen LogP contribution < -0.4 is 9.88 Å². The molecule has 1 heterocycles. The number of piperidine rings is 1. The Morgan fingerprint density at radius 1 is 1.17 bits per heavy atom. The molecule has 2 rings (SSSR count). The van der Waals surface area contributed by atoms with Crippen LogP contribution in [0.15, 0.2) is 23.1 Å². The SMILES string of the molecule is CC(C)(C)OC(O)N1CCC(COc2ccc(C(C)(C)C)cc2S(N)(=O)=O)CC1.